The van der Waals surface area contributed by atoms with Crippen molar-refractivity contribution >= 4 is 43.4 Å². The van der Waals surface area contributed by atoms with Gasteiger partial charge in [0.15, 0.2) is 5.78 Å². The van der Waals surface area contributed by atoms with Crippen LogP contribution in [-0.4, -0.2) is 25.3 Å². The Labute approximate surface area is 154 Å². The first-order chi connectivity index (χ1) is 11.5. The number of sulfonamides is 1. The highest BCUT2D eigenvalue weighted by Crippen LogP contribution is 2.27. The van der Waals surface area contributed by atoms with Gasteiger partial charge in [-0.1, -0.05) is 22.0 Å². The molecule has 0 bridgehead atoms. The fourth-order valence-corrected chi connectivity index (χ4v) is 4.14. The van der Waals surface area contributed by atoms with Crippen LogP contribution >= 0.6 is 15.9 Å². The number of benzene rings is 2. The van der Waals surface area contributed by atoms with Crippen molar-refractivity contribution in [3.05, 3.63) is 57.1 Å². The van der Waals surface area contributed by atoms with E-state index in [9.17, 15) is 23.1 Å². The normalized spacial score (nSPS) is 11.2. The van der Waals surface area contributed by atoms with E-state index in [1.165, 1.54) is 25.1 Å². The van der Waals surface area contributed by atoms with Gasteiger partial charge in [-0.15, -0.1) is 0 Å². The van der Waals surface area contributed by atoms with Crippen LogP contribution in [0.2, 0.25) is 0 Å². The van der Waals surface area contributed by atoms with E-state index in [1.54, 1.807) is 19.9 Å². The van der Waals surface area contributed by atoms with Gasteiger partial charge in [0.25, 0.3) is 10.0 Å². The lowest BCUT2D eigenvalue weighted by atomic mass is 10.1. The number of hydrogen-bond donors (Lipinski definition) is 2. The number of carbonyl (C=O) groups is 2. The van der Waals surface area contributed by atoms with Gasteiger partial charge in [-0.2, -0.15) is 0 Å². The average molecular weight is 426 g/mol. The Morgan fingerprint density at radius 1 is 1.04 bits per heavy atom. The van der Waals surface area contributed by atoms with E-state index in [0.29, 0.717) is 15.6 Å². The van der Waals surface area contributed by atoms with Gasteiger partial charge in [-0.05, 0) is 56.2 Å². The van der Waals surface area contributed by atoms with Crippen LogP contribution in [0.5, 0.6) is 0 Å². The summed E-state index contributed by atoms with van der Waals surface area (Å²) in [7, 11) is -4.07. The molecule has 0 aliphatic rings. The molecule has 2 N–H and O–H groups in total. The highest BCUT2D eigenvalue weighted by molar-refractivity contribution is 9.10. The summed E-state index contributed by atoms with van der Waals surface area (Å²) in [5.74, 6) is -1.51. The molecule has 0 amide bonds. The van der Waals surface area contributed by atoms with Gasteiger partial charge in [0.05, 0.1) is 16.1 Å². The van der Waals surface area contributed by atoms with Crippen molar-refractivity contribution in [2.45, 2.75) is 25.7 Å². The number of aryl methyl sites for hydroxylation is 2. The molecule has 8 heteroatoms. The third kappa shape index (κ3) is 4.08. The zero-order valence-corrected chi connectivity index (χ0v) is 16.2. The minimum atomic E-state index is -4.07. The standard InChI is InChI=1S/C17H16BrNO5S/c1-9-6-10(2)16(8-13(9)17(21)22)25(23,24)19-15-5-4-12(18)7-14(15)11(3)20/h4-8,19H,1-3H3,(H,21,22). The topological polar surface area (TPSA) is 101 Å². The maximum Gasteiger partial charge on any atom is 0.335 e. The Bertz CT molecular complexity index is 983. The first kappa shape index (κ1) is 19.1. The van der Waals surface area contributed by atoms with Crippen molar-refractivity contribution in [2.24, 2.45) is 0 Å². The molecule has 6 nitrogen and oxygen atoms in total. The van der Waals surface area contributed by atoms with Crippen LogP contribution in [0.3, 0.4) is 0 Å². The summed E-state index contributed by atoms with van der Waals surface area (Å²) in [6.07, 6.45) is 0. The lowest BCUT2D eigenvalue weighted by Gasteiger charge is -2.14. The van der Waals surface area contributed by atoms with Crippen LogP contribution in [0.1, 0.15) is 38.8 Å². The number of anilines is 1. The van der Waals surface area contributed by atoms with Crippen LogP contribution in [0.15, 0.2) is 39.7 Å². The molecule has 2 aromatic carbocycles. The van der Waals surface area contributed by atoms with E-state index in [0.717, 1.165) is 6.07 Å². The maximum atomic E-state index is 12.7. The fourth-order valence-electron chi connectivity index (χ4n) is 2.45. The van der Waals surface area contributed by atoms with Crippen LogP contribution in [0.4, 0.5) is 5.69 Å². The summed E-state index contributed by atoms with van der Waals surface area (Å²) in [6, 6.07) is 7.23. The molecule has 0 atom stereocenters. The van der Waals surface area contributed by atoms with E-state index in [4.69, 9.17) is 0 Å². The number of hydrogen-bond acceptors (Lipinski definition) is 4. The molecule has 2 rings (SSSR count). The van der Waals surface area contributed by atoms with E-state index in [1.807, 2.05) is 0 Å². The van der Waals surface area contributed by atoms with Crippen molar-refractivity contribution in [2.75, 3.05) is 4.72 Å². The molecular weight excluding hydrogens is 410 g/mol. The molecule has 0 spiro atoms. The lowest BCUT2D eigenvalue weighted by Crippen LogP contribution is -2.17. The van der Waals surface area contributed by atoms with Gasteiger partial charge in [0.2, 0.25) is 0 Å². The highest BCUT2D eigenvalue weighted by Gasteiger charge is 2.22. The predicted octanol–water partition coefficient (Wildman–Crippen LogP) is 3.77. The monoisotopic (exact) mass is 425 g/mol. The van der Waals surface area contributed by atoms with E-state index < -0.39 is 16.0 Å². The van der Waals surface area contributed by atoms with Crippen LogP contribution in [0, 0.1) is 13.8 Å². The van der Waals surface area contributed by atoms with Crippen molar-refractivity contribution < 1.29 is 23.1 Å². The van der Waals surface area contributed by atoms with Crippen LogP contribution in [0.25, 0.3) is 0 Å². The average Bonchev–Trinajstić information content (AvgIpc) is 2.47. The maximum absolute atomic E-state index is 12.7. The molecule has 2 aromatic rings. The van der Waals surface area contributed by atoms with Crippen molar-refractivity contribution in [3.63, 3.8) is 0 Å². The minimum absolute atomic E-state index is 0.0893. The quantitative estimate of drug-likeness (QED) is 0.709. The lowest BCUT2D eigenvalue weighted by molar-refractivity contribution is 0.0695. The summed E-state index contributed by atoms with van der Waals surface area (Å²) in [5.41, 5.74) is 1.13. The number of rotatable bonds is 5. The van der Waals surface area contributed by atoms with Crippen molar-refractivity contribution in [1.82, 2.24) is 0 Å². The van der Waals surface area contributed by atoms with Gasteiger partial charge >= 0.3 is 5.97 Å². The molecule has 0 aliphatic carbocycles. The second-order valence-corrected chi connectivity index (χ2v) is 8.16. The third-order valence-corrected chi connectivity index (χ3v) is 5.65. The minimum Gasteiger partial charge on any atom is -0.478 e. The second-order valence-electron chi connectivity index (χ2n) is 5.59. The van der Waals surface area contributed by atoms with Crippen LogP contribution in [-0.2, 0) is 10.0 Å². The molecule has 0 radical (unpaired) electrons. The Kier molecular flexibility index (Phi) is 5.34. The first-order valence-corrected chi connectivity index (χ1v) is 9.48. The highest BCUT2D eigenvalue weighted by atomic mass is 79.9. The molecule has 132 valence electrons. The molecular formula is C17H16BrNO5S. The SMILES string of the molecule is CC(=O)c1cc(Br)ccc1NS(=O)(=O)c1cc(C(=O)O)c(C)cc1C. The molecule has 0 saturated carbocycles. The molecule has 0 saturated heterocycles. The molecule has 0 aliphatic heterocycles. The van der Waals surface area contributed by atoms with Gasteiger partial charge in [0, 0.05) is 10.0 Å². The van der Waals surface area contributed by atoms with Gasteiger partial charge in [-0.25, -0.2) is 13.2 Å². The summed E-state index contributed by atoms with van der Waals surface area (Å²) < 4.78 is 28.5. The molecule has 0 unspecified atom stereocenters. The summed E-state index contributed by atoms with van der Waals surface area (Å²) in [6.45, 7) is 4.52. The Morgan fingerprint density at radius 2 is 1.68 bits per heavy atom. The van der Waals surface area contributed by atoms with E-state index in [-0.39, 0.29) is 27.5 Å². The Hall–Kier alpha value is -2.19. The Balaban J connectivity index is 2.57. The van der Waals surface area contributed by atoms with Gasteiger partial charge < -0.3 is 5.11 Å². The number of carboxylic acids is 1. The number of Topliss-reactive ketones (excluding diaryl/α,β-unsaturated/α-hetero) is 1. The number of aromatic carboxylic acids is 1. The zero-order chi connectivity index (χ0) is 18.9. The molecule has 0 fully saturated rings. The van der Waals surface area contributed by atoms with Gasteiger partial charge in [0.1, 0.15) is 0 Å². The molecule has 0 aromatic heterocycles. The van der Waals surface area contributed by atoms with E-state index >= 15 is 0 Å². The van der Waals surface area contributed by atoms with Crippen molar-refractivity contribution in [1.29, 1.82) is 0 Å². The number of nitrogens with one attached hydrogen (secondary N) is 1. The Morgan fingerprint density at radius 3 is 2.24 bits per heavy atom. The first-order valence-electron chi connectivity index (χ1n) is 7.21. The number of carbonyl (C=O) groups excluding carboxylic acids is 1. The summed E-state index contributed by atoms with van der Waals surface area (Å²) >= 11 is 3.24. The number of ketones is 1. The van der Waals surface area contributed by atoms with Crippen LogP contribution < -0.4 is 4.72 Å². The zero-order valence-electron chi connectivity index (χ0n) is 13.8. The summed E-state index contributed by atoms with van der Waals surface area (Å²) in [4.78, 5) is 22.9. The molecule has 0 heterocycles. The fraction of sp³-hybridized carbons (Fsp3) is 0.176. The predicted molar refractivity (Wildman–Crippen MR) is 97.8 cm³/mol. The number of carboxylic acid groups (broad SMARTS) is 1. The van der Waals surface area contributed by atoms with Crippen molar-refractivity contribution in [3.8, 4) is 0 Å². The second kappa shape index (κ2) is 6.97. The smallest absolute Gasteiger partial charge is 0.335 e. The number of halogens is 1. The third-order valence-electron chi connectivity index (χ3n) is 3.65. The van der Waals surface area contributed by atoms with E-state index in [2.05, 4.69) is 20.7 Å². The van der Waals surface area contributed by atoms with Gasteiger partial charge in [-0.3, -0.25) is 9.52 Å². The molecule has 25 heavy (non-hydrogen) atoms. The summed E-state index contributed by atoms with van der Waals surface area (Å²) in [5, 5.41) is 9.22. The largest absolute Gasteiger partial charge is 0.478 e.